The van der Waals surface area contributed by atoms with Crippen molar-refractivity contribution in [3.8, 4) is 11.5 Å². The molecular formula is C14H10ClNO6S. The van der Waals surface area contributed by atoms with Crippen molar-refractivity contribution in [2.24, 2.45) is 0 Å². The van der Waals surface area contributed by atoms with Crippen LogP contribution in [0.15, 0.2) is 24.3 Å². The standard InChI is InChI=1S/C14H10ClNO6S/c15-9-5-8(6-10-13(9)21-4-3-20-10)7-22-14(17)11-1-2-12(23-11)16(18)19/h1-2,5-6H,3-4,7H2. The summed E-state index contributed by atoms with van der Waals surface area (Å²) in [6.07, 6.45) is 0. The number of fused-ring (bicyclic) bond motifs is 1. The molecule has 0 atom stereocenters. The first-order chi connectivity index (χ1) is 11.0. The Morgan fingerprint density at radius 2 is 2.13 bits per heavy atom. The van der Waals surface area contributed by atoms with Crippen molar-refractivity contribution in [2.75, 3.05) is 13.2 Å². The first-order valence-corrected chi connectivity index (χ1v) is 7.73. The largest absolute Gasteiger partial charge is 0.486 e. The average molecular weight is 356 g/mol. The van der Waals surface area contributed by atoms with E-state index < -0.39 is 10.9 Å². The Bertz CT molecular complexity index is 775. The van der Waals surface area contributed by atoms with E-state index in [9.17, 15) is 14.9 Å². The van der Waals surface area contributed by atoms with Crippen molar-refractivity contribution in [3.05, 3.63) is 49.8 Å². The van der Waals surface area contributed by atoms with Crippen LogP contribution in [0.2, 0.25) is 5.02 Å². The summed E-state index contributed by atoms with van der Waals surface area (Å²) in [5, 5.41) is 10.9. The van der Waals surface area contributed by atoms with Crippen LogP contribution < -0.4 is 9.47 Å². The molecule has 0 amide bonds. The van der Waals surface area contributed by atoms with Gasteiger partial charge in [0.15, 0.2) is 11.5 Å². The highest BCUT2D eigenvalue weighted by Gasteiger charge is 2.19. The van der Waals surface area contributed by atoms with Crippen LogP contribution in [-0.4, -0.2) is 24.1 Å². The third-order valence-electron chi connectivity index (χ3n) is 3.00. The van der Waals surface area contributed by atoms with E-state index >= 15 is 0 Å². The van der Waals surface area contributed by atoms with Crippen LogP contribution in [0.5, 0.6) is 11.5 Å². The van der Waals surface area contributed by atoms with Gasteiger partial charge >= 0.3 is 11.0 Å². The third-order valence-corrected chi connectivity index (χ3v) is 4.30. The molecule has 1 aliphatic rings. The fourth-order valence-electron chi connectivity index (χ4n) is 2.00. The molecule has 9 heteroatoms. The van der Waals surface area contributed by atoms with Crippen molar-refractivity contribution < 1.29 is 23.9 Å². The van der Waals surface area contributed by atoms with E-state index in [4.69, 9.17) is 25.8 Å². The quantitative estimate of drug-likeness (QED) is 0.474. The number of rotatable bonds is 4. The van der Waals surface area contributed by atoms with Crippen molar-refractivity contribution in [1.82, 2.24) is 0 Å². The maximum atomic E-state index is 11.9. The molecule has 1 aromatic carbocycles. The molecule has 0 bridgehead atoms. The second kappa shape index (κ2) is 6.43. The zero-order chi connectivity index (χ0) is 16.4. The van der Waals surface area contributed by atoms with Crippen LogP contribution in [-0.2, 0) is 11.3 Å². The third kappa shape index (κ3) is 3.38. The fourth-order valence-corrected chi connectivity index (χ4v) is 3.01. The van der Waals surface area contributed by atoms with Gasteiger partial charge in [0.25, 0.3) is 0 Å². The van der Waals surface area contributed by atoms with Crippen LogP contribution in [0.25, 0.3) is 0 Å². The minimum absolute atomic E-state index is 0.0269. The maximum absolute atomic E-state index is 11.9. The molecule has 0 spiro atoms. The highest BCUT2D eigenvalue weighted by molar-refractivity contribution is 7.17. The first-order valence-electron chi connectivity index (χ1n) is 6.54. The molecule has 1 aromatic heterocycles. The van der Waals surface area contributed by atoms with Gasteiger partial charge in [-0.15, -0.1) is 0 Å². The Morgan fingerprint density at radius 3 is 2.87 bits per heavy atom. The van der Waals surface area contributed by atoms with Gasteiger partial charge in [-0.25, -0.2) is 4.79 Å². The summed E-state index contributed by atoms with van der Waals surface area (Å²) in [6, 6.07) is 5.94. The van der Waals surface area contributed by atoms with E-state index in [0.717, 1.165) is 11.3 Å². The van der Waals surface area contributed by atoms with Crippen LogP contribution in [0.4, 0.5) is 5.00 Å². The van der Waals surface area contributed by atoms with E-state index in [1.165, 1.54) is 12.1 Å². The molecule has 0 unspecified atom stereocenters. The summed E-state index contributed by atoms with van der Waals surface area (Å²) in [6.45, 7) is 0.824. The number of hydrogen-bond donors (Lipinski definition) is 0. The maximum Gasteiger partial charge on any atom is 0.348 e. The Balaban J connectivity index is 1.69. The van der Waals surface area contributed by atoms with Crippen LogP contribution in [0.3, 0.4) is 0 Å². The van der Waals surface area contributed by atoms with Gasteiger partial charge in [-0.1, -0.05) is 22.9 Å². The molecular weight excluding hydrogens is 346 g/mol. The number of carbonyl (C=O) groups excluding carboxylic acids is 1. The Labute approximate surface area is 139 Å². The monoisotopic (exact) mass is 355 g/mol. The predicted molar refractivity (Wildman–Crippen MR) is 82.5 cm³/mol. The normalized spacial score (nSPS) is 12.7. The fraction of sp³-hybridized carbons (Fsp3) is 0.214. The van der Waals surface area contributed by atoms with Gasteiger partial charge in [0, 0.05) is 6.07 Å². The van der Waals surface area contributed by atoms with E-state index in [2.05, 4.69) is 0 Å². The zero-order valence-corrected chi connectivity index (χ0v) is 13.2. The van der Waals surface area contributed by atoms with Gasteiger partial charge < -0.3 is 14.2 Å². The topological polar surface area (TPSA) is 87.9 Å². The Morgan fingerprint density at radius 1 is 1.35 bits per heavy atom. The molecule has 0 saturated heterocycles. The molecule has 2 aromatic rings. The number of ether oxygens (including phenoxy) is 3. The Hall–Kier alpha value is -2.32. The van der Waals surface area contributed by atoms with E-state index in [-0.39, 0.29) is 16.5 Å². The van der Waals surface area contributed by atoms with Gasteiger partial charge in [-0.05, 0) is 23.8 Å². The minimum Gasteiger partial charge on any atom is -0.486 e. The van der Waals surface area contributed by atoms with Crippen LogP contribution >= 0.6 is 22.9 Å². The minimum atomic E-state index is -0.630. The summed E-state index contributed by atoms with van der Waals surface area (Å²) in [5.41, 5.74) is 0.638. The van der Waals surface area contributed by atoms with Gasteiger partial charge in [0.05, 0.1) is 9.95 Å². The molecule has 0 radical (unpaired) electrons. The number of nitro groups is 1. The molecule has 0 saturated carbocycles. The zero-order valence-electron chi connectivity index (χ0n) is 11.6. The van der Waals surface area contributed by atoms with Crippen LogP contribution in [0.1, 0.15) is 15.2 Å². The molecule has 0 fully saturated rings. The number of halogens is 1. The number of benzene rings is 1. The molecule has 3 rings (SSSR count). The van der Waals surface area contributed by atoms with Gasteiger partial charge in [0.1, 0.15) is 24.7 Å². The summed E-state index contributed by atoms with van der Waals surface area (Å²) in [7, 11) is 0. The second-order valence-corrected chi connectivity index (χ2v) is 6.04. The molecule has 7 nitrogen and oxygen atoms in total. The average Bonchev–Trinajstić information content (AvgIpc) is 3.03. The summed E-state index contributed by atoms with van der Waals surface area (Å²) < 4.78 is 16.0. The lowest BCUT2D eigenvalue weighted by Crippen LogP contribution is -2.16. The second-order valence-electron chi connectivity index (χ2n) is 4.57. The van der Waals surface area contributed by atoms with Gasteiger partial charge in [-0.2, -0.15) is 0 Å². The number of carbonyl (C=O) groups is 1. The summed E-state index contributed by atoms with van der Waals surface area (Å²) in [4.78, 5) is 22.1. The lowest BCUT2D eigenvalue weighted by Gasteiger charge is -2.20. The van der Waals surface area contributed by atoms with E-state index in [1.54, 1.807) is 12.1 Å². The summed E-state index contributed by atoms with van der Waals surface area (Å²) in [5.74, 6) is 0.345. The number of esters is 1. The molecule has 2 heterocycles. The molecule has 120 valence electrons. The molecule has 0 aliphatic carbocycles. The Kier molecular flexibility index (Phi) is 4.35. The molecule has 23 heavy (non-hydrogen) atoms. The van der Waals surface area contributed by atoms with E-state index in [1.807, 2.05) is 0 Å². The smallest absolute Gasteiger partial charge is 0.348 e. The van der Waals surface area contributed by atoms with Crippen molar-refractivity contribution in [3.63, 3.8) is 0 Å². The highest BCUT2D eigenvalue weighted by atomic mass is 35.5. The summed E-state index contributed by atoms with van der Waals surface area (Å²) >= 11 is 6.87. The number of nitrogens with zero attached hydrogens (tertiary/aromatic N) is 1. The van der Waals surface area contributed by atoms with Crippen LogP contribution in [0, 0.1) is 10.1 Å². The van der Waals surface area contributed by atoms with Crippen molar-refractivity contribution >= 4 is 33.9 Å². The first kappa shape index (κ1) is 15.6. The highest BCUT2D eigenvalue weighted by Crippen LogP contribution is 2.38. The number of thiophene rings is 1. The molecule has 0 N–H and O–H groups in total. The number of hydrogen-bond acceptors (Lipinski definition) is 7. The predicted octanol–water partition coefficient (Wildman–Crippen LogP) is 3.44. The van der Waals surface area contributed by atoms with Crippen molar-refractivity contribution in [2.45, 2.75) is 6.61 Å². The lowest BCUT2D eigenvalue weighted by atomic mass is 10.2. The van der Waals surface area contributed by atoms with Crippen molar-refractivity contribution in [1.29, 1.82) is 0 Å². The molecule has 1 aliphatic heterocycles. The van der Waals surface area contributed by atoms with E-state index in [0.29, 0.717) is 35.3 Å². The SMILES string of the molecule is O=C(OCc1cc(Cl)c2c(c1)OCCO2)c1ccc([N+](=O)[O-])s1. The lowest BCUT2D eigenvalue weighted by molar-refractivity contribution is -0.380. The van der Waals surface area contributed by atoms with Gasteiger partial charge in [0.2, 0.25) is 0 Å². The van der Waals surface area contributed by atoms with Gasteiger partial charge in [-0.3, -0.25) is 10.1 Å².